The third kappa shape index (κ3) is 3.53. The molecule has 1 aliphatic rings. The van der Waals surface area contributed by atoms with Crippen molar-refractivity contribution in [3.05, 3.63) is 24.3 Å². The van der Waals surface area contributed by atoms with Gasteiger partial charge in [-0.05, 0) is 18.9 Å². The van der Waals surface area contributed by atoms with Crippen molar-refractivity contribution >= 4 is 0 Å². The molecule has 13 heavy (non-hydrogen) atoms. The smallest absolute Gasteiger partial charge is 0.109 e. The molecule has 2 nitrogen and oxygen atoms in total. The summed E-state index contributed by atoms with van der Waals surface area (Å²) < 4.78 is 5.10. The highest BCUT2D eigenvalue weighted by Gasteiger charge is 2.07. The first kappa shape index (κ1) is 10.2. The molecule has 0 aromatic rings. The fourth-order valence-corrected chi connectivity index (χ4v) is 1.48. The second-order valence-electron chi connectivity index (χ2n) is 3.39. The number of allylic oxidation sites excluding steroid dienone is 1. The highest BCUT2D eigenvalue weighted by atomic mass is 16.5. The molecule has 0 radical (unpaired) electrons. The lowest BCUT2D eigenvalue weighted by molar-refractivity contribution is 0.373. The Kier molecular flexibility index (Phi) is 4.44. The van der Waals surface area contributed by atoms with Crippen LogP contribution in [0.3, 0.4) is 0 Å². The van der Waals surface area contributed by atoms with Gasteiger partial charge in [0.15, 0.2) is 0 Å². The molecule has 0 aromatic heterocycles. The molecule has 0 bridgehead atoms. The summed E-state index contributed by atoms with van der Waals surface area (Å²) in [5, 5.41) is 3.49. The summed E-state index contributed by atoms with van der Waals surface area (Å²) in [5.74, 6) is 0. The average molecular weight is 181 g/mol. The molecule has 0 saturated carbocycles. The van der Waals surface area contributed by atoms with Crippen molar-refractivity contribution in [1.82, 2.24) is 5.32 Å². The second-order valence-corrected chi connectivity index (χ2v) is 3.39. The number of hydrogen-bond donors (Lipinski definition) is 1. The van der Waals surface area contributed by atoms with E-state index in [2.05, 4.69) is 19.2 Å². The lowest BCUT2D eigenvalue weighted by atomic mass is 10.1. The summed E-state index contributed by atoms with van der Waals surface area (Å²) in [4.78, 5) is 0. The summed E-state index contributed by atoms with van der Waals surface area (Å²) in [6.07, 6.45) is 10.2. The summed E-state index contributed by atoms with van der Waals surface area (Å²) in [6, 6.07) is 0.603. The molecule has 1 atom stereocenters. The number of rotatable bonds is 5. The maximum absolute atomic E-state index is 5.10. The Balaban J connectivity index is 2.32. The van der Waals surface area contributed by atoms with E-state index in [0.29, 0.717) is 6.04 Å². The SMILES string of the molecule is CCCC(CC)NC1=COC=CC1. The summed E-state index contributed by atoms with van der Waals surface area (Å²) >= 11 is 0. The molecule has 1 aliphatic heterocycles. The van der Waals surface area contributed by atoms with E-state index in [1.807, 2.05) is 6.08 Å². The molecule has 0 amide bonds. The van der Waals surface area contributed by atoms with Crippen LogP contribution in [0.25, 0.3) is 0 Å². The van der Waals surface area contributed by atoms with Crippen LogP contribution in [0.2, 0.25) is 0 Å². The van der Waals surface area contributed by atoms with Gasteiger partial charge < -0.3 is 10.1 Å². The topological polar surface area (TPSA) is 21.3 Å². The van der Waals surface area contributed by atoms with Gasteiger partial charge in [0.2, 0.25) is 0 Å². The summed E-state index contributed by atoms with van der Waals surface area (Å²) in [6.45, 7) is 4.43. The standard InChI is InChI=1S/C11H19NO/c1-3-6-10(4-2)12-11-7-5-8-13-9-11/h5,8-10,12H,3-4,6-7H2,1-2H3. The number of ether oxygens (including phenoxy) is 1. The molecule has 1 rings (SSSR count). The van der Waals surface area contributed by atoms with E-state index in [1.165, 1.54) is 25.0 Å². The maximum Gasteiger partial charge on any atom is 0.109 e. The monoisotopic (exact) mass is 181 g/mol. The minimum absolute atomic E-state index is 0.603. The fraction of sp³-hybridized carbons (Fsp3) is 0.636. The molecule has 0 spiro atoms. The molecular weight excluding hydrogens is 162 g/mol. The van der Waals surface area contributed by atoms with Crippen LogP contribution in [0.5, 0.6) is 0 Å². The van der Waals surface area contributed by atoms with Gasteiger partial charge in [-0.2, -0.15) is 0 Å². The van der Waals surface area contributed by atoms with Crippen LogP contribution in [0.4, 0.5) is 0 Å². The van der Waals surface area contributed by atoms with Crippen molar-refractivity contribution in [3.8, 4) is 0 Å². The van der Waals surface area contributed by atoms with E-state index >= 15 is 0 Å². The van der Waals surface area contributed by atoms with Gasteiger partial charge in [-0.15, -0.1) is 0 Å². The molecular formula is C11H19NO. The normalized spacial score (nSPS) is 17.5. The van der Waals surface area contributed by atoms with Crippen LogP contribution in [-0.2, 0) is 4.74 Å². The van der Waals surface area contributed by atoms with Gasteiger partial charge in [-0.3, -0.25) is 0 Å². The van der Waals surface area contributed by atoms with Crippen LogP contribution >= 0.6 is 0 Å². The van der Waals surface area contributed by atoms with Gasteiger partial charge in [-0.1, -0.05) is 20.3 Å². The minimum Gasteiger partial charge on any atom is -0.471 e. The lowest BCUT2D eigenvalue weighted by Gasteiger charge is -2.20. The zero-order valence-electron chi connectivity index (χ0n) is 8.55. The van der Waals surface area contributed by atoms with E-state index in [0.717, 1.165) is 6.42 Å². The van der Waals surface area contributed by atoms with Crippen LogP contribution in [-0.4, -0.2) is 6.04 Å². The Morgan fingerprint density at radius 3 is 2.92 bits per heavy atom. The predicted octanol–water partition coefficient (Wildman–Crippen LogP) is 2.93. The molecule has 1 N–H and O–H groups in total. The predicted molar refractivity (Wildman–Crippen MR) is 55.0 cm³/mol. The first-order chi connectivity index (χ1) is 6.36. The Bertz CT molecular complexity index is 196. The Hall–Kier alpha value is -0.920. The van der Waals surface area contributed by atoms with Gasteiger partial charge in [0.05, 0.1) is 12.0 Å². The van der Waals surface area contributed by atoms with Gasteiger partial charge in [0, 0.05) is 12.5 Å². The third-order valence-electron chi connectivity index (χ3n) is 2.24. The fourth-order valence-electron chi connectivity index (χ4n) is 1.48. The molecule has 1 heterocycles. The minimum atomic E-state index is 0.603. The van der Waals surface area contributed by atoms with E-state index in [9.17, 15) is 0 Å². The largest absolute Gasteiger partial charge is 0.471 e. The average Bonchev–Trinajstić information content (AvgIpc) is 2.19. The Morgan fingerprint density at radius 1 is 1.54 bits per heavy atom. The molecule has 2 heteroatoms. The quantitative estimate of drug-likeness (QED) is 0.704. The van der Waals surface area contributed by atoms with Crippen molar-refractivity contribution in [2.45, 2.75) is 45.6 Å². The first-order valence-electron chi connectivity index (χ1n) is 5.12. The second kappa shape index (κ2) is 5.68. The molecule has 0 aromatic carbocycles. The van der Waals surface area contributed by atoms with Crippen LogP contribution < -0.4 is 5.32 Å². The summed E-state index contributed by atoms with van der Waals surface area (Å²) in [5.41, 5.74) is 1.20. The zero-order chi connectivity index (χ0) is 9.52. The molecule has 0 saturated heterocycles. The van der Waals surface area contributed by atoms with Crippen molar-refractivity contribution in [2.75, 3.05) is 0 Å². The Morgan fingerprint density at radius 2 is 2.38 bits per heavy atom. The molecule has 74 valence electrons. The van der Waals surface area contributed by atoms with Crippen LogP contribution in [0, 0.1) is 0 Å². The van der Waals surface area contributed by atoms with E-state index in [-0.39, 0.29) is 0 Å². The van der Waals surface area contributed by atoms with Gasteiger partial charge >= 0.3 is 0 Å². The zero-order valence-corrected chi connectivity index (χ0v) is 8.55. The van der Waals surface area contributed by atoms with Crippen LogP contribution in [0.15, 0.2) is 24.3 Å². The van der Waals surface area contributed by atoms with Crippen LogP contribution in [0.1, 0.15) is 39.5 Å². The van der Waals surface area contributed by atoms with Crippen molar-refractivity contribution in [1.29, 1.82) is 0 Å². The summed E-state index contributed by atoms with van der Waals surface area (Å²) in [7, 11) is 0. The number of nitrogens with one attached hydrogen (secondary N) is 1. The molecule has 0 fully saturated rings. The first-order valence-corrected chi connectivity index (χ1v) is 5.12. The van der Waals surface area contributed by atoms with Crippen molar-refractivity contribution in [2.24, 2.45) is 0 Å². The highest BCUT2D eigenvalue weighted by molar-refractivity contribution is 5.06. The van der Waals surface area contributed by atoms with E-state index in [1.54, 1.807) is 12.5 Å². The number of hydrogen-bond acceptors (Lipinski definition) is 2. The molecule has 0 aliphatic carbocycles. The maximum atomic E-state index is 5.10. The Labute approximate surface area is 80.7 Å². The lowest BCUT2D eigenvalue weighted by Crippen LogP contribution is -2.27. The van der Waals surface area contributed by atoms with Gasteiger partial charge in [-0.25, -0.2) is 0 Å². The van der Waals surface area contributed by atoms with Gasteiger partial charge in [0.25, 0.3) is 0 Å². The van der Waals surface area contributed by atoms with Crippen molar-refractivity contribution in [3.63, 3.8) is 0 Å². The van der Waals surface area contributed by atoms with E-state index < -0.39 is 0 Å². The van der Waals surface area contributed by atoms with Gasteiger partial charge in [0.1, 0.15) is 6.26 Å². The third-order valence-corrected chi connectivity index (χ3v) is 2.24. The molecule has 1 unspecified atom stereocenters. The van der Waals surface area contributed by atoms with E-state index in [4.69, 9.17) is 4.74 Å². The highest BCUT2D eigenvalue weighted by Crippen LogP contribution is 2.10. The van der Waals surface area contributed by atoms with Crippen molar-refractivity contribution < 1.29 is 4.74 Å².